The van der Waals surface area contributed by atoms with Crippen molar-refractivity contribution >= 4 is 34.0 Å². The average Bonchev–Trinajstić information content (AvgIpc) is 3.20. The van der Waals surface area contributed by atoms with Gasteiger partial charge in [0.05, 0.1) is 18.0 Å². The number of carbonyl (C=O) groups is 2. The van der Waals surface area contributed by atoms with Crippen LogP contribution in [0.25, 0.3) is 0 Å². The topological polar surface area (TPSA) is 68.7 Å². The van der Waals surface area contributed by atoms with Crippen LogP contribution in [-0.4, -0.2) is 23.5 Å². The predicted molar refractivity (Wildman–Crippen MR) is 117 cm³/mol. The Labute approximate surface area is 180 Å². The van der Waals surface area contributed by atoms with E-state index in [9.17, 15) is 9.59 Å². The van der Waals surface area contributed by atoms with Crippen molar-refractivity contribution in [3.05, 3.63) is 71.2 Å². The van der Waals surface area contributed by atoms with Gasteiger partial charge >= 0.3 is 5.97 Å². The minimum atomic E-state index is -0.302. The fourth-order valence-corrected chi connectivity index (χ4v) is 3.61. The van der Waals surface area contributed by atoms with Crippen LogP contribution in [0.5, 0.6) is 5.75 Å². The maximum Gasteiger partial charge on any atom is 0.306 e. The quantitative estimate of drug-likeness (QED) is 0.356. The summed E-state index contributed by atoms with van der Waals surface area (Å²) in [6.45, 7) is 4.04. The summed E-state index contributed by atoms with van der Waals surface area (Å²) < 4.78 is 10.9. The van der Waals surface area contributed by atoms with Gasteiger partial charge in [-0.25, -0.2) is 4.98 Å². The highest BCUT2D eigenvalue weighted by Crippen LogP contribution is 2.28. The molecule has 0 saturated heterocycles. The first-order valence-electron chi connectivity index (χ1n) is 9.68. The van der Waals surface area contributed by atoms with E-state index in [4.69, 9.17) is 9.47 Å². The Hall–Kier alpha value is -3.19. The van der Waals surface area contributed by atoms with E-state index in [2.05, 4.69) is 4.98 Å². The lowest BCUT2D eigenvalue weighted by molar-refractivity contribution is -0.145. The minimum Gasteiger partial charge on any atom is -0.494 e. The Balaban J connectivity index is 1.44. The lowest BCUT2D eigenvalue weighted by Gasteiger charge is -2.17. The monoisotopic (exact) mass is 424 g/mol. The molecule has 0 aliphatic rings. The third-order valence-corrected chi connectivity index (χ3v) is 5.13. The third kappa shape index (κ3) is 6.15. The highest BCUT2D eigenvalue weighted by molar-refractivity contribution is 7.14. The summed E-state index contributed by atoms with van der Waals surface area (Å²) in [6, 6.07) is 17.1. The standard InChI is InChI=1S/C23H24N2O4S/c1-17-10-12-21(13-11-17)28-14-6-9-22(27)29-15-19-16-30-23(24-19)25(18(2)26)20-7-4-3-5-8-20/h3-5,7-8,10-13,16H,6,9,14-15H2,1-2H3. The number of aromatic nitrogens is 1. The molecule has 156 valence electrons. The molecule has 0 fully saturated rings. The van der Waals surface area contributed by atoms with E-state index in [1.807, 2.05) is 61.5 Å². The number of para-hydroxylation sites is 1. The predicted octanol–water partition coefficient (Wildman–Crippen LogP) is 5.04. The van der Waals surface area contributed by atoms with Gasteiger partial charge in [0, 0.05) is 18.7 Å². The number of nitrogens with zero attached hydrogens (tertiary/aromatic N) is 2. The summed E-state index contributed by atoms with van der Waals surface area (Å²) >= 11 is 1.34. The molecule has 0 spiro atoms. The summed E-state index contributed by atoms with van der Waals surface area (Å²) in [5.74, 6) is 0.355. The fraction of sp³-hybridized carbons (Fsp3) is 0.261. The van der Waals surface area contributed by atoms with Gasteiger partial charge in [-0.05, 0) is 37.6 Å². The normalized spacial score (nSPS) is 10.5. The van der Waals surface area contributed by atoms with Gasteiger partial charge in [-0.2, -0.15) is 0 Å². The summed E-state index contributed by atoms with van der Waals surface area (Å²) in [7, 11) is 0. The number of esters is 1. The molecule has 1 heterocycles. The maximum atomic E-state index is 12.1. The van der Waals surface area contributed by atoms with Gasteiger partial charge in [0.25, 0.3) is 0 Å². The number of aryl methyl sites for hydroxylation is 1. The first kappa shape index (κ1) is 21.5. The zero-order valence-electron chi connectivity index (χ0n) is 17.0. The molecule has 0 unspecified atom stereocenters. The highest BCUT2D eigenvalue weighted by atomic mass is 32.1. The summed E-state index contributed by atoms with van der Waals surface area (Å²) in [4.78, 5) is 30.0. The van der Waals surface area contributed by atoms with Crippen LogP contribution in [0.1, 0.15) is 31.0 Å². The van der Waals surface area contributed by atoms with E-state index in [-0.39, 0.29) is 24.9 Å². The molecule has 0 bridgehead atoms. The van der Waals surface area contributed by atoms with Crippen LogP contribution >= 0.6 is 11.3 Å². The first-order chi connectivity index (χ1) is 14.5. The number of thiazole rings is 1. The van der Waals surface area contributed by atoms with Crippen molar-refractivity contribution in [2.75, 3.05) is 11.5 Å². The van der Waals surface area contributed by atoms with Crippen LogP contribution in [0.2, 0.25) is 0 Å². The van der Waals surface area contributed by atoms with Crippen LogP contribution in [0.15, 0.2) is 60.0 Å². The average molecular weight is 425 g/mol. The molecule has 0 N–H and O–H groups in total. The SMILES string of the molecule is CC(=O)N(c1ccccc1)c1nc(COC(=O)CCCOc2ccc(C)cc2)cs1. The van der Waals surface area contributed by atoms with E-state index >= 15 is 0 Å². The lowest BCUT2D eigenvalue weighted by Crippen LogP contribution is -2.22. The van der Waals surface area contributed by atoms with Gasteiger partial charge in [0.2, 0.25) is 5.91 Å². The Morgan fingerprint density at radius 3 is 2.50 bits per heavy atom. The zero-order valence-corrected chi connectivity index (χ0v) is 17.9. The van der Waals surface area contributed by atoms with Gasteiger partial charge in [0.15, 0.2) is 5.13 Å². The number of ether oxygens (including phenoxy) is 2. The highest BCUT2D eigenvalue weighted by Gasteiger charge is 2.18. The van der Waals surface area contributed by atoms with Crippen molar-refractivity contribution < 1.29 is 19.1 Å². The summed E-state index contributed by atoms with van der Waals surface area (Å²) in [5.41, 5.74) is 2.53. The third-order valence-electron chi connectivity index (χ3n) is 4.26. The minimum absolute atomic E-state index is 0.0781. The van der Waals surface area contributed by atoms with Gasteiger partial charge in [0.1, 0.15) is 12.4 Å². The smallest absolute Gasteiger partial charge is 0.306 e. The van der Waals surface area contributed by atoms with Crippen molar-refractivity contribution in [1.29, 1.82) is 0 Å². The van der Waals surface area contributed by atoms with Crippen LogP contribution < -0.4 is 9.64 Å². The molecule has 2 aromatic carbocycles. The molecule has 3 aromatic rings. The molecule has 1 amide bonds. The second-order valence-electron chi connectivity index (χ2n) is 6.74. The second-order valence-corrected chi connectivity index (χ2v) is 7.57. The van der Waals surface area contributed by atoms with Crippen LogP contribution in [0.3, 0.4) is 0 Å². The Morgan fingerprint density at radius 2 is 1.80 bits per heavy atom. The van der Waals surface area contributed by atoms with Crippen LogP contribution in [-0.2, 0) is 20.9 Å². The fourth-order valence-electron chi connectivity index (χ4n) is 2.74. The Kier molecular flexibility index (Phi) is 7.57. The van der Waals surface area contributed by atoms with Crippen molar-refractivity contribution in [3.8, 4) is 5.75 Å². The van der Waals surface area contributed by atoms with Gasteiger partial charge in [-0.1, -0.05) is 35.9 Å². The van der Waals surface area contributed by atoms with Crippen LogP contribution in [0.4, 0.5) is 10.8 Å². The number of hydrogen-bond acceptors (Lipinski definition) is 6. The molecule has 3 rings (SSSR count). The molecule has 0 atom stereocenters. The van der Waals surface area contributed by atoms with Crippen molar-refractivity contribution in [1.82, 2.24) is 4.98 Å². The molecular formula is C23H24N2O4S. The number of carbonyl (C=O) groups excluding carboxylic acids is 2. The number of benzene rings is 2. The lowest BCUT2D eigenvalue weighted by atomic mass is 10.2. The van der Waals surface area contributed by atoms with Gasteiger partial charge < -0.3 is 9.47 Å². The number of rotatable bonds is 9. The molecule has 7 heteroatoms. The summed E-state index contributed by atoms with van der Waals surface area (Å²) in [5, 5.41) is 2.34. The van der Waals surface area contributed by atoms with E-state index in [1.165, 1.54) is 23.8 Å². The van der Waals surface area contributed by atoms with E-state index < -0.39 is 0 Å². The van der Waals surface area contributed by atoms with Crippen molar-refractivity contribution in [3.63, 3.8) is 0 Å². The van der Waals surface area contributed by atoms with Crippen molar-refractivity contribution in [2.24, 2.45) is 0 Å². The van der Waals surface area contributed by atoms with Crippen LogP contribution in [0, 0.1) is 6.92 Å². The summed E-state index contributed by atoms with van der Waals surface area (Å²) in [6.07, 6.45) is 0.841. The maximum absolute atomic E-state index is 12.1. The molecule has 0 aliphatic carbocycles. The first-order valence-corrected chi connectivity index (χ1v) is 10.6. The zero-order chi connectivity index (χ0) is 21.3. The van der Waals surface area contributed by atoms with E-state index in [0.29, 0.717) is 23.9 Å². The van der Waals surface area contributed by atoms with Gasteiger partial charge in [-0.15, -0.1) is 11.3 Å². The molecular weight excluding hydrogens is 400 g/mol. The number of amides is 1. The molecule has 6 nitrogen and oxygen atoms in total. The number of anilines is 2. The largest absolute Gasteiger partial charge is 0.494 e. The molecule has 0 saturated carbocycles. The number of hydrogen-bond donors (Lipinski definition) is 0. The molecule has 30 heavy (non-hydrogen) atoms. The molecule has 0 aliphatic heterocycles. The second kappa shape index (κ2) is 10.5. The molecule has 0 radical (unpaired) electrons. The van der Waals surface area contributed by atoms with Crippen molar-refractivity contribution in [2.45, 2.75) is 33.3 Å². The Morgan fingerprint density at radius 1 is 1.07 bits per heavy atom. The van der Waals surface area contributed by atoms with E-state index in [0.717, 1.165) is 11.4 Å². The molecule has 1 aromatic heterocycles. The van der Waals surface area contributed by atoms with E-state index in [1.54, 1.807) is 10.3 Å². The van der Waals surface area contributed by atoms with Gasteiger partial charge in [-0.3, -0.25) is 14.5 Å². The Bertz CT molecular complexity index is 970.